The number of rotatable bonds is 5. The number of aromatic nitrogens is 5. The van der Waals surface area contributed by atoms with Crippen molar-refractivity contribution in [1.82, 2.24) is 24.1 Å². The summed E-state index contributed by atoms with van der Waals surface area (Å²) in [7, 11) is 0. The van der Waals surface area contributed by atoms with Crippen molar-refractivity contribution in [2.75, 3.05) is 0 Å². The molecular formula is C64H39N5. The summed E-state index contributed by atoms with van der Waals surface area (Å²) in [5, 5.41) is 4.58. The minimum Gasteiger partial charge on any atom is -0.278 e. The van der Waals surface area contributed by atoms with Gasteiger partial charge in [-0.15, -0.1) is 0 Å². The van der Waals surface area contributed by atoms with E-state index in [1.54, 1.807) is 0 Å². The van der Waals surface area contributed by atoms with Gasteiger partial charge in [-0.1, -0.05) is 206 Å². The van der Waals surface area contributed by atoms with Crippen molar-refractivity contribution < 1.29 is 0 Å². The molecule has 0 fully saturated rings. The Morgan fingerprint density at radius 1 is 0.275 bits per heavy atom. The first-order chi connectivity index (χ1) is 34.2. The summed E-state index contributed by atoms with van der Waals surface area (Å²) in [5.41, 5.74) is 19.4. The largest absolute Gasteiger partial charge is 0.278 e. The molecule has 13 aromatic rings. The van der Waals surface area contributed by atoms with Gasteiger partial charge in [-0.2, -0.15) is 15.0 Å². The summed E-state index contributed by atoms with van der Waals surface area (Å²) < 4.78 is 4.51. The first-order valence-corrected chi connectivity index (χ1v) is 23.6. The standard InChI is InChI=1S/C64H39N5/c1-3-18-40(19-4-1)41-34-36-43(37-35-41)61-65-62(68-57-32-16-11-26-49(57)60-44(27-17-33-58(60)68)42-20-5-2-6-21-42)67-63(66-61)69-56-31-15-10-25-48(56)51-38-50-47-24-9-14-30-54(47)64(55(50)39-59(51)69)52-28-12-7-22-45(52)46-23-8-13-29-53(46)64/h1-39H. The van der Waals surface area contributed by atoms with Crippen molar-refractivity contribution in [2.24, 2.45) is 0 Å². The Labute approximate surface area is 397 Å². The average Bonchev–Trinajstić information content (AvgIpc) is 4.13. The zero-order valence-corrected chi connectivity index (χ0v) is 37.3. The van der Waals surface area contributed by atoms with Crippen molar-refractivity contribution in [1.29, 1.82) is 0 Å². The van der Waals surface area contributed by atoms with Crippen LogP contribution in [0.2, 0.25) is 0 Å². The molecule has 1 spiro atoms. The van der Waals surface area contributed by atoms with Gasteiger partial charge < -0.3 is 0 Å². The fourth-order valence-electron chi connectivity index (χ4n) is 12.0. The van der Waals surface area contributed by atoms with Gasteiger partial charge in [0.2, 0.25) is 11.9 Å². The van der Waals surface area contributed by atoms with E-state index in [2.05, 4.69) is 246 Å². The predicted molar refractivity (Wildman–Crippen MR) is 281 cm³/mol. The predicted octanol–water partition coefficient (Wildman–Crippen LogP) is 15.4. The van der Waals surface area contributed by atoms with Crippen molar-refractivity contribution in [3.63, 3.8) is 0 Å². The summed E-state index contributed by atoms with van der Waals surface area (Å²) in [4.78, 5) is 16.6. The van der Waals surface area contributed by atoms with Gasteiger partial charge >= 0.3 is 0 Å². The second-order valence-electron chi connectivity index (χ2n) is 18.3. The highest BCUT2D eigenvalue weighted by Crippen LogP contribution is 2.63. The lowest BCUT2D eigenvalue weighted by Crippen LogP contribution is -2.25. The first kappa shape index (κ1) is 38.0. The highest BCUT2D eigenvalue weighted by atomic mass is 15.3. The van der Waals surface area contributed by atoms with Crippen molar-refractivity contribution in [2.45, 2.75) is 5.41 Å². The maximum Gasteiger partial charge on any atom is 0.240 e. The molecule has 320 valence electrons. The Kier molecular flexibility index (Phi) is 7.93. The Morgan fingerprint density at radius 3 is 1.39 bits per heavy atom. The summed E-state index contributed by atoms with van der Waals surface area (Å²) in [6.45, 7) is 0. The normalized spacial score (nSPS) is 13.0. The molecule has 15 rings (SSSR count). The second-order valence-corrected chi connectivity index (χ2v) is 18.3. The van der Waals surface area contributed by atoms with Crippen molar-refractivity contribution >= 4 is 43.6 Å². The monoisotopic (exact) mass is 877 g/mol. The van der Waals surface area contributed by atoms with Crippen LogP contribution in [0.15, 0.2) is 237 Å². The molecule has 0 saturated heterocycles. The van der Waals surface area contributed by atoms with Gasteiger partial charge in [-0.05, 0) is 97.1 Å². The molecule has 0 bridgehead atoms. The Bertz CT molecular complexity index is 4190. The highest BCUT2D eigenvalue weighted by Gasteiger charge is 2.51. The molecule has 0 unspecified atom stereocenters. The Morgan fingerprint density at radius 2 is 0.739 bits per heavy atom. The van der Waals surface area contributed by atoms with Gasteiger partial charge in [0, 0.05) is 27.1 Å². The van der Waals surface area contributed by atoms with Gasteiger partial charge in [-0.25, -0.2) is 0 Å². The first-order valence-electron chi connectivity index (χ1n) is 23.6. The molecule has 10 aromatic carbocycles. The second kappa shape index (κ2) is 14.4. The van der Waals surface area contributed by atoms with Crippen LogP contribution in [0, 0.1) is 0 Å². The zero-order valence-electron chi connectivity index (χ0n) is 37.3. The lowest BCUT2D eigenvalue weighted by Gasteiger charge is -2.30. The third-order valence-corrected chi connectivity index (χ3v) is 14.8. The zero-order chi connectivity index (χ0) is 45.2. The molecule has 3 heterocycles. The Balaban J connectivity index is 1.04. The van der Waals surface area contributed by atoms with Crippen LogP contribution >= 0.6 is 0 Å². The van der Waals surface area contributed by atoms with E-state index in [1.165, 1.54) is 44.5 Å². The molecule has 0 radical (unpaired) electrons. The molecule has 0 N–H and O–H groups in total. The van der Waals surface area contributed by atoms with Crippen LogP contribution in [-0.2, 0) is 5.41 Å². The smallest absolute Gasteiger partial charge is 0.240 e. The molecule has 69 heavy (non-hydrogen) atoms. The molecule has 0 amide bonds. The maximum atomic E-state index is 5.61. The van der Waals surface area contributed by atoms with Gasteiger partial charge in [-0.3, -0.25) is 9.13 Å². The topological polar surface area (TPSA) is 48.5 Å². The molecular weight excluding hydrogens is 839 g/mol. The third-order valence-electron chi connectivity index (χ3n) is 14.8. The molecule has 2 aliphatic carbocycles. The number of hydrogen-bond donors (Lipinski definition) is 0. The Hall–Kier alpha value is -9.19. The fourth-order valence-corrected chi connectivity index (χ4v) is 12.0. The molecule has 5 nitrogen and oxygen atoms in total. The van der Waals surface area contributed by atoms with Gasteiger partial charge in [0.25, 0.3) is 0 Å². The van der Waals surface area contributed by atoms with E-state index in [9.17, 15) is 0 Å². The van der Waals surface area contributed by atoms with E-state index in [0.717, 1.165) is 71.4 Å². The summed E-state index contributed by atoms with van der Waals surface area (Å²) in [6, 6.07) is 85.5. The molecule has 5 heteroatoms. The quantitative estimate of drug-likeness (QED) is 0.173. The van der Waals surface area contributed by atoms with E-state index in [0.29, 0.717) is 17.7 Å². The van der Waals surface area contributed by atoms with E-state index >= 15 is 0 Å². The molecule has 0 aliphatic heterocycles. The van der Waals surface area contributed by atoms with Crippen LogP contribution in [0.4, 0.5) is 0 Å². The summed E-state index contributed by atoms with van der Waals surface area (Å²) in [6.07, 6.45) is 0. The van der Waals surface area contributed by atoms with Crippen LogP contribution in [0.25, 0.3) is 111 Å². The lowest BCUT2D eigenvalue weighted by atomic mass is 9.70. The average molecular weight is 878 g/mol. The number of para-hydroxylation sites is 2. The SMILES string of the molecule is c1ccc(-c2ccc(-c3nc(-n4c5ccccc5c5cc6c(cc54)C4(c5ccccc5-c5ccccc54)c4ccccc4-6)nc(-n4c5ccccc5c5c(-c6ccccc6)cccc54)n3)cc2)cc1. The maximum absolute atomic E-state index is 5.61. The van der Waals surface area contributed by atoms with Crippen LogP contribution in [0.3, 0.4) is 0 Å². The lowest BCUT2D eigenvalue weighted by molar-refractivity contribution is 0.794. The summed E-state index contributed by atoms with van der Waals surface area (Å²) in [5.74, 6) is 1.69. The third kappa shape index (κ3) is 5.27. The molecule has 2 aliphatic rings. The van der Waals surface area contributed by atoms with Crippen LogP contribution < -0.4 is 0 Å². The molecule has 3 aromatic heterocycles. The number of fused-ring (bicyclic) bond motifs is 16. The van der Waals surface area contributed by atoms with Crippen LogP contribution in [0.5, 0.6) is 0 Å². The highest BCUT2D eigenvalue weighted by molar-refractivity contribution is 6.16. The summed E-state index contributed by atoms with van der Waals surface area (Å²) >= 11 is 0. The molecule has 0 atom stereocenters. The van der Waals surface area contributed by atoms with Gasteiger partial charge in [0.15, 0.2) is 5.82 Å². The van der Waals surface area contributed by atoms with Gasteiger partial charge in [0.1, 0.15) is 0 Å². The minimum atomic E-state index is -0.510. The molecule has 0 saturated carbocycles. The van der Waals surface area contributed by atoms with Crippen molar-refractivity contribution in [3.05, 3.63) is 259 Å². The van der Waals surface area contributed by atoms with E-state index < -0.39 is 5.41 Å². The van der Waals surface area contributed by atoms with E-state index in [1.807, 2.05) is 0 Å². The fraction of sp³-hybridized carbons (Fsp3) is 0.0156. The van der Waals surface area contributed by atoms with Crippen LogP contribution in [0.1, 0.15) is 22.3 Å². The van der Waals surface area contributed by atoms with E-state index in [4.69, 9.17) is 15.0 Å². The van der Waals surface area contributed by atoms with E-state index in [-0.39, 0.29) is 0 Å². The number of benzene rings is 10. The van der Waals surface area contributed by atoms with Crippen LogP contribution in [-0.4, -0.2) is 24.1 Å². The minimum absolute atomic E-state index is 0.510. The number of hydrogen-bond acceptors (Lipinski definition) is 3. The number of nitrogens with zero attached hydrogens (tertiary/aromatic N) is 5. The van der Waals surface area contributed by atoms with Crippen molar-refractivity contribution in [3.8, 4) is 67.8 Å². The van der Waals surface area contributed by atoms with Gasteiger partial charge in [0.05, 0.1) is 27.5 Å².